The maximum Gasteiger partial charge on any atom is 0.231 e. The van der Waals surface area contributed by atoms with Gasteiger partial charge in [-0.15, -0.1) is 0 Å². The van der Waals surface area contributed by atoms with Gasteiger partial charge >= 0.3 is 0 Å². The predicted molar refractivity (Wildman–Crippen MR) is 64.1 cm³/mol. The van der Waals surface area contributed by atoms with Crippen LogP contribution >= 0.6 is 0 Å². The van der Waals surface area contributed by atoms with Crippen LogP contribution in [0, 0.1) is 23.2 Å². The number of benzene rings is 1. The maximum atomic E-state index is 8.35. The fourth-order valence-corrected chi connectivity index (χ4v) is 0.534. The van der Waals surface area contributed by atoms with Gasteiger partial charge in [-0.25, -0.2) is 20.4 Å². The van der Waals surface area contributed by atoms with Gasteiger partial charge in [-0.2, -0.15) is 0 Å². The van der Waals surface area contributed by atoms with Gasteiger partial charge in [-0.3, -0.25) is 5.41 Å². The number of carbonyl (C=O) groups excluding carboxylic acids is 2. The Morgan fingerprint density at radius 3 is 1.41 bits per heavy atom. The Morgan fingerprint density at radius 1 is 1.06 bits per heavy atom. The summed E-state index contributed by atoms with van der Waals surface area (Å²) in [5.74, 6) is -0.333. The first kappa shape index (κ1) is 19.8. The van der Waals surface area contributed by atoms with E-state index in [4.69, 9.17) is 25.8 Å². The highest BCUT2D eigenvalue weighted by Crippen LogP contribution is 1.92. The van der Waals surface area contributed by atoms with Crippen LogP contribution in [-0.4, -0.2) is 18.1 Å². The molecule has 7 nitrogen and oxygen atoms in total. The maximum absolute atomic E-state index is 8.35. The number of nitrogens with two attached hydrogens (primary N) is 2. The second-order valence-corrected chi connectivity index (χ2v) is 2.31. The van der Waals surface area contributed by atoms with Crippen LogP contribution in [0.4, 0.5) is 0 Å². The zero-order valence-corrected chi connectivity index (χ0v) is 9.36. The first-order valence-electron chi connectivity index (χ1n) is 4.15. The molecule has 92 valence electrons. The van der Waals surface area contributed by atoms with Crippen molar-refractivity contribution in [2.24, 2.45) is 11.5 Å². The van der Waals surface area contributed by atoms with Crippen LogP contribution in [0.3, 0.4) is 0 Å². The van der Waals surface area contributed by atoms with Crippen molar-refractivity contribution in [2.45, 2.75) is 6.92 Å². The van der Waals surface area contributed by atoms with Gasteiger partial charge in [-0.1, -0.05) is 35.9 Å². The third-order valence-electron chi connectivity index (χ3n) is 0.940. The molecule has 7 N–H and O–H groups in total. The molecule has 0 saturated heterocycles. The SMILES string of the molecule is Cc1ccccc1.N=C(N)N.N=C=O.N=C=O. The van der Waals surface area contributed by atoms with Crippen LogP contribution in [0.1, 0.15) is 5.56 Å². The van der Waals surface area contributed by atoms with E-state index >= 15 is 0 Å². The highest BCUT2D eigenvalue weighted by molar-refractivity contribution is 5.71. The lowest BCUT2D eigenvalue weighted by Gasteiger charge is -1.82. The smallest absolute Gasteiger partial charge is 0.231 e. The van der Waals surface area contributed by atoms with Crippen molar-refractivity contribution >= 4 is 18.1 Å². The minimum atomic E-state index is -0.333. The number of hydrogen-bond acceptors (Lipinski definition) is 5. The summed E-state index contributed by atoms with van der Waals surface area (Å²) in [6.45, 7) is 2.08. The van der Waals surface area contributed by atoms with E-state index < -0.39 is 0 Å². The van der Waals surface area contributed by atoms with Gasteiger partial charge in [0.2, 0.25) is 12.2 Å². The summed E-state index contributed by atoms with van der Waals surface area (Å²) in [4.78, 5) is 16.7. The molecular weight excluding hydrogens is 222 g/mol. The van der Waals surface area contributed by atoms with Crippen molar-refractivity contribution in [3.63, 3.8) is 0 Å². The lowest BCUT2D eigenvalue weighted by atomic mass is 10.2. The Morgan fingerprint density at radius 2 is 1.29 bits per heavy atom. The number of nitrogens with one attached hydrogen (secondary N) is 3. The first-order valence-corrected chi connectivity index (χ1v) is 4.15. The number of aryl methyl sites for hydroxylation is 1. The van der Waals surface area contributed by atoms with Gasteiger partial charge in [-0.05, 0) is 6.92 Å². The van der Waals surface area contributed by atoms with Crippen LogP contribution < -0.4 is 11.5 Å². The van der Waals surface area contributed by atoms with Crippen LogP contribution in [0.25, 0.3) is 0 Å². The average Bonchev–Trinajstić information content (AvgIpc) is 2.20. The monoisotopic (exact) mass is 237 g/mol. The molecule has 0 unspecified atom stereocenters. The summed E-state index contributed by atoms with van der Waals surface area (Å²) in [5.41, 5.74) is 10.3. The highest BCUT2D eigenvalue weighted by atomic mass is 16.1. The van der Waals surface area contributed by atoms with Crippen molar-refractivity contribution in [3.8, 4) is 0 Å². The molecule has 0 aliphatic rings. The van der Waals surface area contributed by atoms with Gasteiger partial charge in [0, 0.05) is 0 Å². The first-order chi connectivity index (χ1) is 7.95. The predicted octanol–water partition coefficient (Wildman–Crippen LogP) is 0.636. The van der Waals surface area contributed by atoms with Crippen molar-refractivity contribution < 1.29 is 9.59 Å². The van der Waals surface area contributed by atoms with E-state index in [1.165, 1.54) is 5.56 Å². The summed E-state index contributed by atoms with van der Waals surface area (Å²) in [5, 5.41) is 16.9. The topological polar surface area (TPSA) is 158 Å². The Hall–Kier alpha value is -2.75. The van der Waals surface area contributed by atoms with E-state index in [9.17, 15) is 0 Å². The molecule has 0 atom stereocenters. The van der Waals surface area contributed by atoms with Gasteiger partial charge in [0.1, 0.15) is 0 Å². The third kappa shape index (κ3) is 60.8. The molecule has 0 radical (unpaired) electrons. The van der Waals surface area contributed by atoms with Crippen LogP contribution in [0.2, 0.25) is 0 Å². The van der Waals surface area contributed by atoms with E-state index in [1.807, 2.05) is 18.2 Å². The molecule has 0 aliphatic carbocycles. The molecule has 0 fully saturated rings. The molecule has 0 heterocycles. The molecule has 0 amide bonds. The molecule has 1 aromatic carbocycles. The second-order valence-electron chi connectivity index (χ2n) is 2.31. The summed E-state index contributed by atoms with van der Waals surface area (Å²) < 4.78 is 0. The largest absolute Gasteiger partial charge is 0.370 e. The van der Waals surface area contributed by atoms with E-state index in [2.05, 4.69) is 30.5 Å². The molecule has 0 aromatic heterocycles. The van der Waals surface area contributed by atoms with Crippen molar-refractivity contribution in [3.05, 3.63) is 35.9 Å². The molecule has 0 spiro atoms. The van der Waals surface area contributed by atoms with E-state index in [0.717, 1.165) is 12.2 Å². The molecule has 7 heteroatoms. The van der Waals surface area contributed by atoms with E-state index in [-0.39, 0.29) is 5.96 Å². The van der Waals surface area contributed by atoms with E-state index in [1.54, 1.807) is 0 Å². The summed E-state index contributed by atoms with van der Waals surface area (Å²) >= 11 is 0. The summed E-state index contributed by atoms with van der Waals surface area (Å²) in [6.07, 6.45) is 1.50. The Balaban J connectivity index is -0.000000170. The number of guanidine groups is 1. The Bertz CT molecular complexity index is 336. The van der Waals surface area contributed by atoms with Gasteiger partial charge < -0.3 is 11.5 Å². The molecular formula is C10H15N5O2. The van der Waals surface area contributed by atoms with E-state index in [0.29, 0.717) is 0 Å². The number of isocyanates is 2. The number of rotatable bonds is 0. The normalized spacial score (nSPS) is 5.94. The quantitative estimate of drug-likeness (QED) is 0.254. The molecule has 17 heavy (non-hydrogen) atoms. The third-order valence-corrected chi connectivity index (χ3v) is 0.940. The standard InChI is InChI=1S/C7H8.CH5N3.2CHNO/c1-7-5-3-2-4-6-7;2-1(3)4;2*2-1-3/h2-6H,1H3;(H5,2,3,4);2*2H. The highest BCUT2D eigenvalue weighted by Gasteiger charge is 1.72. The molecule has 0 saturated carbocycles. The van der Waals surface area contributed by atoms with Crippen LogP contribution in [0.15, 0.2) is 30.3 Å². The Kier molecular flexibility index (Phi) is 22.0. The lowest BCUT2D eigenvalue weighted by Crippen LogP contribution is -2.20. The fraction of sp³-hybridized carbons (Fsp3) is 0.100. The van der Waals surface area contributed by atoms with Crippen molar-refractivity contribution in [1.29, 1.82) is 16.2 Å². The van der Waals surface area contributed by atoms with Crippen molar-refractivity contribution in [1.82, 2.24) is 0 Å². The molecule has 0 aliphatic heterocycles. The van der Waals surface area contributed by atoms with Crippen molar-refractivity contribution in [2.75, 3.05) is 0 Å². The van der Waals surface area contributed by atoms with Gasteiger partial charge in [0.05, 0.1) is 0 Å². The fourth-order valence-electron chi connectivity index (χ4n) is 0.534. The van der Waals surface area contributed by atoms with Gasteiger partial charge in [0.25, 0.3) is 0 Å². The zero-order valence-electron chi connectivity index (χ0n) is 9.36. The molecule has 0 bridgehead atoms. The minimum Gasteiger partial charge on any atom is -0.370 e. The van der Waals surface area contributed by atoms with Crippen LogP contribution in [-0.2, 0) is 9.59 Å². The second kappa shape index (κ2) is 18.9. The van der Waals surface area contributed by atoms with Crippen LogP contribution in [0.5, 0.6) is 0 Å². The minimum absolute atomic E-state index is 0.333. The average molecular weight is 237 g/mol. The zero-order chi connectivity index (χ0) is 14.1. The number of hydrogen-bond donors (Lipinski definition) is 5. The Labute approximate surface area is 99.0 Å². The van der Waals surface area contributed by atoms with Gasteiger partial charge in [0.15, 0.2) is 5.96 Å². The summed E-state index contributed by atoms with van der Waals surface area (Å²) in [6, 6.07) is 10.3. The lowest BCUT2D eigenvalue weighted by molar-refractivity contribution is 0.562. The molecule has 1 aromatic rings. The molecule has 1 rings (SSSR count). The summed E-state index contributed by atoms with van der Waals surface area (Å²) in [7, 11) is 0.